The van der Waals surface area contributed by atoms with Gasteiger partial charge in [0.1, 0.15) is 5.75 Å². The Labute approximate surface area is 180 Å². The molecule has 0 fully saturated rings. The van der Waals surface area contributed by atoms with Gasteiger partial charge in [-0.05, 0) is 35.4 Å². The van der Waals surface area contributed by atoms with Gasteiger partial charge in [0.25, 0.3) is 0 Å². The van der Waals surface area contributed by atoms with Crippen LogP contribution in [0.15, 0.2) is 115 Å². The van der Waals surface area contributed by atoms with Crippen molar-refractivity contribution in [3.8, 4) is 28.1 Å². The molecule has 3 heteroatoms. The van der Waals surface area contributed by atoms with Gasteiger partial charge in [0, 0.05) is 10.9 Å². The van der Waals surface area contributed by atoms with Gasteiger partial charge in [-0.25, -0.2) is 9.78 Å². The lowest BCUT2D eigenvalue weighted by Crippen LogP contribution is -2.10. The van der Waals surface area contributed by atoms with Crippen molar-refractivity contribution in [3.05, 3.63) is 121 Å². The number of ether oxygens (including phenoxy) is 1. The van der Waals surface area contributed by atoms with Crippen molar-refractivity contribution in [2.24, 2.45) is 0 Å². The number of para-hydroxylation sites is 1. The summed E-state index contributed by atoms with van der Waals surface area (Å²) in [6, 6.07) is 36.9. The maximum absolute atomic E-state index is 13.1. The molecule has 31 heavy (non-hydrogen) atoms. The van der Waals surface area contributed by atoms with E-state index < -0.39 is 5.97 Å². The molecule has 1 heterocycles. The number of fused-ring (bicyclic) bond motifs is 1. The van der Waals surface area contributed by atoms with Gasteiger partial charge in [0.05, 0.1) is 16.8 Å². The molecule has 5 aromatic rings. The van der Waals surface area contributed by atoms with Crippen molar-refractivity contribution in [2.75, 3.05) is 0 Å². The second kappa shape index (κ2) is 8.25. The Morgan fingerprint density at radius 2 is 1.19 bits per heavy atom. The molecule has 0 spiro atoms. The van der Waals surface area contributed by atoms with Crippen LogP contribution in [0.1, 0.15) is 10.4 Å². The standard InChI is InChI=1S/C28H19NO2/c30-28(31-23-17-15-21(16-18-23)20-9-3-1-4-10-20)25-19-27(22-11-5-2-6-12-22)29-26-14-8-7-13-24(25)26/h1-19H. The summed E-state index contributed by atoms with van der Waals surface area (Å²) in [4.78, 5) is 17.8. The van der Waals surface area contributed by atoms with Crippen molar-refractivity contribution < 1.29 is 9.53 Å². The fourth-order valence-corrected chi connectivity index (χ4v) is 3.61. The van der Waals surface area contributed by atoms with E-state index in [4.69, 9.17) is 9.72 Å². The zero-order valence-electron chi connectivity index (χ0n) is 16.7. The number of carbonyl (C=O) groups excluding carboxylic acids is 1. The van der Waals surface area contributed by atoms with E-state index in [-0.39, 0.29) is 0 Å². The van der Waals surface area contributed by atoms with Crippen LogP contribution in [0.25, 0.3) is 33.3 Å². The van der Waals surface area contributed by atoms with Gasteiger partial charge < -0.3 is 4.74 Å². The molecule has 3 nitrogen and oxygen atoms in total. The minimum atomic E-state index is -0.400. The highest BCUT2D eigenvalue weighted by atomic mass is 16.5. The normalized spacial score (nSPS) is 10.7. The van der Waals surface area contributed by atoms with E-state index in [0.29, 0.717) is 11.3 Å². The van der Waals surface area contributed by atoms with Crippen LogP contribution in [0.4, 0.5) is 0 Å². The highest BCUT2D eigenvalue weighted by molar-refractivity contribution is 6.05. The highest BCUT2D eigenvalue weighted by Crippen LogP contribution is 2.27. The van der Waals surface area contributed by atoms with E-state index in [1.54, 1.807) is 6.07 Å². The van der Waals surface area contributed by atoms with E-state index in [0.717, 1.165) is 33.3 Å². The molecule has 148 valence electrons. The van der Waals surface area contributed by atoms with Crippen LogP contribution in [0.3, 0.4) is 0 Å². The maximum atomic E-state index is 13.1. The number of hydrogen-bond donors (Lipinski definition) is 0. The number of pyridine rings is 1. The number of rotatable bonds is 4. The van der Waals surface area contributed by atoms with Crippen LogP contribution in [-0.4, -0.2) is 11.0 Å². The van der Waals surface area contributed by atoms with Crippen LogP contribution in [0.5, 0.6) is 5.75 Å². The Kier molecular flexibility index (Phi) is 4.99. The summed E-state index contributed by atoms with van der Waals surface area (Å²) >= 11 is 0. The summed E-state index contributed by atoms with van der Waals surface area (Å²) in [6.07, 6.45) is 0. The van der Waals surface area contributed by atoms with Crippen LogP contribution in [0, 0.1) is 0 Å². The molecular weight excluding hydrogens is 382 g/mol. The number of carbonyl (C=O) groups is 1. The molecule has 0 saturated heterocycles. The van der Waals surface area contributed by atoms with Crippen molar-refractivity contribution in [1.82, 2.24) is 4.98 Å². The molecule has 0 saturated carbocycles. The van der Waals surface area contributed by atoms with Crippen LogP contribution < -0.4 is 4.74 Å². The van der Waals surface area contributed by atoms with Gasteiger partial charge in [-0.15, -0.1) is 0 Å². The number of aromatic nitrogens is 1. The summed E-state index contributed by atoms with van der Waals surface area (Å²) in [5, 5.41) is 0.771. The summed E-state index contributed by atoms with van der Waals surface area (Å²) in [7, 11) is 0. The third-order valence-electron chi connectivity index (χ3n) is 5.18. The fourth-order valence-electron chi connectivity index (χ4n) is 3.61. The van der Waals surface area contributed by atoms with Crippen LogP contribution in [-0.2, 0) is 0 Å². The monoisotopic (exact) mass is 401 g/mol. The SMILES string of the molecule is O=C(Oc1ccc(-c2ccccc2)cc1)c1cc(-c2ccccc2)nc2ccccc12. The Hall–Kier alpha value is -4.24. The van der Waals surface area contributed by atoms with Gasteiger partial charge in [0.2, 0.25) is 0 Å². The lowest BCUT2D eigenvalue weighted by Gasteiger charge is -2.10. The predicted octanol–water partition coefficient (Wildman–Crippen LogP) is 6.79. The van der Waals surface area contributed by atoms with Crippen molar-refractivity contribution in [2.45, 2.75) is 0 Å². The minimum absolute atomic E-state index is 0.400. The van der Waals surface area contributed by atoms with Crippen molar-refractivity contribution >= 4 is 16.9 Å². The second-order valence-electron chi connectivity index (χ2n) is 7.22. The van der Waals surface area contributed by atoms with E-state index in [9.17, 15) is 4.79 Å². The first kappa shape index (κ1) is 18.8. The molecule has 4 aromatic carbocycles. The van der Waals surface area contributed by atoms with Gasteiger partial charge in [0.15, 0.2) is 0 Å². The number of esters is 1. The zero-order chi connectivity index (χ0) is 21.0. The molecule has 1 aromatic heterocycles. The summed E-state index contributed by atoms with van der Waals surface area (Å²) in [5.74, 6) is 0.107. The zero-order valence-corrected chi connectivity index (χ0v) is 16.7. The second-order valence-corrected chi connectivity index (χ2v) is 7.22. The highest BCUT2D eigenvalue weighted by Gasteiger charge is 2.16. The molecule has 0 aliphatic carbocycles. The third-order valence-corrected chi connectivity index (χ3v) is 5.18. The molecule has 0 radical (unpaired) electrons. The summed E-state index contributed by atoms with van der Waals surface area (Å²) < 4.78 is 5.72. The molecule has 0 bridgehead atoms. The van der Waals surface area contributed by atoms with Crippen LogP contribution >= 0.6 is 0 Å². The van der Waals surface area contributed by atoms with Gasteiger partial charge in [-0.1, -0.05) is 91.0 Å². The number of benzene rings is 4. The number of nitrogens with zero attached hydrogens (tertiary/aromatic N) is 1. The first-order chi connectivity index (χ1) is 15.3. The largest absolute Gasteiger partial charge is 0.423 e. The molecule has 0 amide bonds. The molecule has 5 rings (SSSR count). The lowest BCUT2D eigenvalue weighted by atomic mass is 10.0. The minimum Gasteiger partial charge on any atom is -0.423 e. The maximum Gasteiger partial charge on any atom is 0.344 e. The first-order valence-corrected chi connectivity index (χ1v) is 10.1. The predicted molar refractivity (Wildman–Crippen MR) is 124 cm³/mol. The Balaban J connectivity index is 1.48. The van der Waals surface area contributed by atoms with E-state index >= 15 is 0 Å². The van der Waals surface area contributed by atoms with Gasteiger partial charge in [-0.2, -0.15) is 0 Å². The lowest BCUT2D eigenvalue weighted by molar-refractivity contribution is 0.0737. The molecule has 0 unspecified atom stereocenters. The summed E-state index contributed by atoms with van der Waals surface area (Å²) in [6.45, 7) is 0. The van der Waals surface area contributed by atoms with E-state index in [2.05, 4.69) is 12.1 Å². The average molecular weight is 401 g/mol. The van der Waals surface area contributed by atoms with E-state index in [1.165, 1.54) is 0 Å². The Bertz CT molecular complexity index is 1340. The van der Waals surface area contributed by atoms with Gasteiger partial charge in [-0.3, -0.25) is 0 Å². The van der Waals surface area contributed by atoms with Gasteiger partial charge >= 0.3 is 5.97 Å². The fraction of sp³-hybridized carbons (Fsp3) is 0. The number of hydrogen-bond acceptors (Lipinski definition) is 3. The quantitative estimate of drug-likeness (QED) is 0.246. The Morgan fingerprint density at radius 1 is 0.613 bits per heavy atom. The molecule has 0 aliphatic rings. The topological polar surface area (TPSA) is 39.2 Å². The Morgan fingerprint density at radius 3 is 1.90 bits per heavy atom. The van der Waals surface area contributed by atoms with Crippen LogP contribution in [0.2, 0.25) is 0 Å². The molecular formula is C28H19NO2. The smallest absolute Gasteiger partial charge is 0.344 e. The first-order valence-electron chi connectivity index (χ1n) is 10.1. The molecule has 0 N–H and O–H groups in total. The third kappa shape index (κ3) is 3.94. The molecule has 0 atom stereocenters. The summed E-state index contributed by atoms with van der Waals surface area (Å²) in [5.41, 5.74) is 5.14. The van der Waals surface area contributed by atoms with Crippen molar-refractivity contribution in [3.63, 3.8) is 0 Å². The van der Waals surface area contributed by atoms with Crippen molar-refractivity contribution in [1.29, 1.82) is 0 Å². The average Bonchev–Trinajstić information content (AvgIpc) is 2.85. The molecule has 0 aliphatic heterocycles. The van der Waals surface area contributed by atoms with E-state index in [1.807, 2.05) is 97.1 Å².